The van der Waals surface area contributed by atoms with Crippen LogP contribution in [0.4, 0.5) is 0 Å². The Balaban J connectivity index is 3.45. The predicted octanol–water partition coefficient (Wildman–Crippen LogP) is 1.60. The van der Waals surface area contributed by atoms with E-state index in [4.69, 9.17) is 5.73 Å². The van der Waals surface area contributed by atoms with E-state index in [0.717, 1.165) is 19.3 Å². The summed E-state index contributed by atoms with van der Waals surface area (Å²) < 4.78 is 0. The monoisotopic (exact) mass is 175 g/mol. The second kappa shape index (κ2) is 5.61. The molecule has 0 radical (unpaired) electrons. The van der Waals surface area contributed by atoms with Crippen LogP contribution in [0.25, 0.3) is 0 Å². The van der Waals surface area contributed by atoms with E-state index < -0.39 is 0 Å². The number of carbonyl (C=O) groups excluding carboxylic acids is 1. The standard InChI is InChI=1S/C8H17NOS/c1-3-6(2)4-5-7(9)8(10)11/h6-7H,3-5,9H2,1-2H3,(H,10,11). The second-order valence-electron chi connectivity index (χ2n) is 3.04. The summed E-state index contributed by atoms with van der Waals surface area (Å²) in [4.78, 5) is 10.6. The molecule has 0 fully saturated rings. The van der Waals surface area contributed by atoms with Crippen molar-refractivity contribution in [2.45, 2.75) is 39.2 Å². The van der Waals surface area contributed by atoms with Crippen molar-refractivity contribution in [3.8, 4) is 0 Å². The van der Waals surface area contributed by atoms with Gasteiger partial charge in [-0.3, -0.25) is 4.79 Å². The van der Waals surface area contributed by atoms with E-state index in [-0.39, 0.29) is 11.2 Å². The number of hydrogen-bond acceptors (Lipinski definition) is 2. The smallest absolute Gasteiger partial charge is 0.202 e. The Morgan fingerprint density at radius 3 is 2.45 bits per heavy atom. The lowest BCUT2D eigenvalue weighted by molar-refractivity contribution is -0.112. The summed E-state index contributed by atoms with van der Waals surface area (Å²) in [6.07, 6.45) is 2.93. The molecule has 0 amide bonds. The molecular formula is C8H17NOS. The first kappa shape index (κ1) is 11.0. The zero-order valence-electron chi connectivity index (χ0n) is 7.21. The summed E-state index contributed by atoms with van der Waals surface area (Å²) in [5.74, 6) is 0.661. The SMILES string of the molecule is CCC(C)CCC(N)C(=O)S. The molecular weight excluding hydrogens is 158 g/mol. The van der Waals surface area contributed by atoms with Crippen LogP contribution in [0.2, 0.25) is 0 Å². The fourth-order valence-electron chi connectivity index (χ4n) is 0.792. The highest BCUT2D eigenvalue weighted by Gasteiger charge is 2.09. The number of rotatable bonds is 5. The summed E-state index contributed by atoms with van der Waals surface area (Å²) in [6.45, 7) is 4.30. The Morgan fingerprint density at radius 1 is 1.55 bits per heavy atom. The molecule has 0 heterocycles. The largest absolute Gasteiger partial charge is 0.321 e. The third-order valence-corrected chi connectivity index (χ3v) is 2.32. The Morgan fingerprint density at radius 2 is 2.09 bits per heavy atom. The first-order valence-corrected chi connectivity index (χ1v) is 4.51. The van der Waals surface area contributed by atoms with Crippen molar-refractivity contribution in [2.75, 3.05) is 0 Å². The summed E-state index contributed by atoms with van der Waals surface area (Å²) in [6, 6.07) is -0.368. The minimum atomic E-state index is -0.368. The molecule has 11 heavy (non-hydrogen) atoms. The average Bonchev–Trinajstić information content (AvgIpc) is 1.99. The summed E-state index contributed by atoms with van der Waals surface area (Å²) in [7, 11) is 0. The molecule has 2 unspecified atom stereocenters. The van der Waals surface area contributed by atoms with Crippen molar-refractivity contribution in [3.63, 3.8) is 0 Å². The van der Waals surface area contributed by atoms with Crippen LogP contribution in [0.3, 0.4) is 0 Å². The summed E-state index contributed by atoms with van der Waals surface area (Å²) in [5, 5.41) is -0.201. The highest BCUT2D eigenvalue weighted by Crippen LogP contribution is 2.11. The van der Waals surface area contributed by atoms with Gasteiger partial charge in [0.15, 0.2) is 0 Å². The van der Waals surface area contributed by atoms with Gasteiger partial charge in [-0.2, -0.15) is 0 Å². The normalized spacial score (nSPS) is 16.0. The molecule has 66 valence electrons. The highest BCUT2D eigenvalue weighted by atomic mass is 32.1. The molecule has 0 saturated heterocycles. The van der Waals surface area contributed by atoms with Gasteiger partial charge in [0.05, 0.1) is 6.04 Å². The van der Waals surface area contributed by atoms with Crippen LogP contribution in [-0.4, -0.2) is 11.2 Å². The molecule has 0 aliphatic heterocycles. The number of thiol groups is 1. The number of nitrogens with two attached hydrogens (primary N) is 1. The van der Waals surface area contributed by atoms with Gasteiger partial charge < -0.3 is 5.73 Å². The van der Waals surface area contributed by atoms with Crippen LogP contribution >= 0.6 is 12.6 Å². The minimum Gasteiger partial charge on any atom is -0.321 e. The maximum Gasteiger partial charge on any atom is 0.202 e. The van der Waals surface area contributed by atoms with E-state index in [1.54, 1.807) is 0 Å². The highest BCUT2D eigenvalue weighted by molar-refractivity contribution is 7.96. The fraction of sp³-hybridized carbons (Fsp3) is 0.875. The first-order chi connectivity index (χ1) is 5.07. The maximum atomic E-state index is 10.6. The van der Waals surface area contributed by atoms with Gasteiger partial charge in [0.2, 0.25) is 5.12 Å². The van der Waals surface area contributed by atoms with Crippen LogP contribution in [0.15, 0.2) is 0 Å². The van der Waals surface area contributed by atoms with Crippen molar-refractivity contribution < 1.29 is 4.79 Å². The molecule has 0 aliphatic rings. The molecule has 0 aliphatic carbocycles. The quantitative estimate of drug-likeness (QED) is 0.623. The molecule has 0 aromatic heterocycles. The maximum absolute atomic E-state index is 10.6. The third-order valence-electron chi connectivity index (χ3n) is 1.98. The average molecular weight is 175 g/mol. The molecule has 0 aromatic carbocycles. The number of hydrogen-bond donors (Lipinski definition) is 2. The van der Waals surface area contributed by atoms with Crippen LogP contribution in [0, 0.1) is 5.92 Å². The zero-order valence-corrected chi connectivity index (χ0v) is 8.10. The van der Waals surface area contributed by atoms with Crippen molar-refractivity contribution in [2.24, 2.45) is 11.7 Å². The lowest BCUT2D eigenvalue weighted by atomic mass is 10.0. The van der Waals surface area contributed by atoms with Gasteiger partial charge in [-0.05, 0) is 18.8 Å². The molecule has 0 aromatic rings. The van der Waals surface area contributed by atoms with Crippen molar-refractivity contribution >= 4 is 17.7 Å². The fourth-order valence-corrected chi connectivity index (χ4v) is 0.921. The van der Waals surface area contributed by atoms with E-state index in [1.807, 2.05) is 0 Å². The summed E-state index contributed by atoms with van der Waals surface area (Å²) >= 11 is 3.66. The van der Waals surface area contributed by atoms with Crippen LogP contribution in [-0.2, 0) is 4.79 Å². The molecule has 0 saturated carbocycles. The molecule has 3 heteroatoms. The molecule has 2 atom stereocenters. The van der Waals surface area contributed by atoms with E-state index >= 15 is 0 Å². The molecule has 0 rings (SSSR count). The van der Waals surface area contributed by atoms with E-state index in [0.29, 0.717) is 5.92 Å². The van der Waals surface area contributed by atoms with Crippen LogP contribution in [0.1, 0.15) is 33.1 Å². The van der Waals surface area contributed by atoms with Gasteiger partial charge in [0.1, 0.15) is 0 Å². The van der Waals surface area contributed by atoms with Crippen molar-refractivity contribution in [1.29, 1.82) is 0 Å². The Hall–Kier alpha value is -0.0200. The van der Waals surface area contributed by atoms with Gasteiger partial charge in [0, 0.05) is 0 Å². The summed E-state index contributed by atoms with van der Waals surface area (Å²) in [5.41, 5.74) is 5.49. The van der Waals surface area contributed by atoms with Crippen molar-refractivity contribution in [3.05, 3.63) is 0 Å². The predicted molar refractivity (Wildman–Crippen MR) is 50.7 cm³/mol. The van der Waals surface area contributed by atoms with Crippen molar-refractivity contribution in [1.82, 2.24) is 0 Å². The third kappa shape index (κ3) is 5.27. The second-order valence-corrected chi connectivity index (χ2v) is 3.48. The molecule has 0 bridgehead atoms. The van der Waals surface area contributed by atoms with Gasteiger partial charge in [0.25, 0.3) is 0 Å². The van der Waals surface area contributed by atoms with E-state index in [1.165, 1.54) is 0 Å². The topological polar surface area (TPSA) is 43.1 Å². The minimum absolute atomic E-state index is 0.201. The zero-order chi connectivity index (χ0) is 8.85. The Labute approximate surface area is 74.0 Å². The lowest BCUT2D eigenvalue weighted by Crippen LogP contribution is -2.27. The van der Waals surface area contributed by atoms with Gasteiger partial charge in [-0.15, -0.1) is 12.6 Å². The van der Waals surface area contributed by atoms with Gasteiger partial charge in [-0.25, -0.2) is 0 Å². The van der Waals surface area contributed by atoms with E-state index in [2.05, 4.69) is 26.5 Å². The lowest BCUT2D eigenvalue weighted by Gasteiger charge is -2.10. The molecule has 2 nitrogen and oxygen atoms in total. The first-order valence-electron chi connectivity index (χ1n) is 4.06. The molecule has 0 spiro atoms. The van der Waals surface area contributed by atoms with Gasteiger partial charge >= 0.3 is 0 Å². The van der Waals surface area contributed by atoms with Gasteiger partial charge in [-0.1, -0.05) is 20.3 Å². The molecule has 2 N–H and O–H groups in total. The Kier molecular flexibility index (Phi) is 5.60. The van der Waals surface area contributed by atoms with Crippen LogP contribution < -0.4 is 5.73 Å². The van der Waals surface area contributed by atoms with Crippen LogP contribution in [0.5, 0.6) is 0 Å². The Bertz CT molecular complexity index is 127. The number of carbonyl (C=O) groups is 1. The van der Waals surface area contributed by atoms with E-state index in [9.17, 15) is 4.79 Å².